The van der Waals surface area contributed by atoms with Crippen molar-refractivity contribution in [2.24, 2.45) is 5.73 Å². The summed E-state index contributed by atoms with van der Waals surface area (Å²) in [6.07, 6.45) is 0.669. The van der Waals surface area contributed by atoms with Crippen molar-refractivity contribution in [3.8, 4) is 0 Å². The highest BCUT2D eigenvalue weighted by Gasteiger charge is 2.15. The highest BCUT2D eigenvalue weighted by molar-refractivity contribution is 5.78. The Hall–Kier alpha value is -2.13. The van der Waals surface area contributed by atoms with Crippen LogP contribution in [0.15, 0.2) is 46.9 Å². The van der Waals surface area contributed by atoms with E-state index in [1.165, 1.54) is 17.2 Å². The number of fused-ring (bicyclic) bond motifs is 1. The van der Waals surface area contributed by atoms with E-state index in [9.17, 15) is 4.39 Å². The lowest BCUT2D eigenvalue weighted by molar-refractivity contribution is 0.478. The van der Waals surface area contributed by atoms with Crippen molar-refractivity contribution < 1.29 is 8.81 Å². The first kappa shape index (κ1) is 13.8. The molecule has 21 heavy (non-hydrogen) atoms. The van der Waals surface area contributed by atoms with Gasteiger partial charge in [-0.1, -0.05) is 30.3 Å². The molecule has 3 rings (SSSR count). The van der Waals surface area contributed by atoms with Crippen LogP contribution in [0.2, 0.25) is 0 Å². The zero-order valence-corrected chi connectivity index (χ0v) is 12.2. The topological polar surface area (TPSA) is 39.2 Å². The first-order valence-electron chi connectivity index (χ1n) is 7.04. The zero-order valence-electron chi connectivity index (χ0n) is 12.2. The van der Waals surface area contributed by atoms with Crippen molar-refractivity contribution in [3.05, 3.63) is 70.7 Å². The molecule has 3 aromatic rings. The second-order valence-corrected chi connectivity index (χ2v) is 5.54. The molecule has 2 aromatic carbocycles. The predicted molar refractivity (Wildman–Crippen MR) is 82.7 cm³/mol. The van der Waals surface area contributed by atoms with Gasteiger partial charge in [0, 0.05) is 5.39 Å². The molecule has 2 nitrogen and oxygen atoms in total. The number of rotatable bonds is 3. The molecule has 0 saturated carbocycles. The molecule has 0 amide bonds. The molecule has 0 aliphatic heterocycles. The summed E-state index contributed by atoms with van der Waals surface area (Å²) in [6.45, 7) is 4.17. The van der Waals surface area contributed by atoms with Crippen LogP contribution in [0, 0.1) is 19.7 Å². The van der Waals surface area contributed by atoms with Gasteiger partial charge in [-0.3, -0.25) is 0 Å². The lowest BCUT2D eigenvalue weighted by Gasteiger charge is -2.10. The summed E-state index contributed by atoms with van der Waals surface area (Å²) < 4.78 is 19.2. The number of nitrogens with two attached hydrogens (primary N) is 1. The lowest BCUT2D eigenvalue weighted by atomic mass is 10.00. The summed E-state index contributed by atoms with van der Waals surface area (Å²) in [5, 5.41) is 0.750. The van der Waals surface area contributed by atoms with Gasteiger partial charge >= 0.3 is 0 Å². The maximum absolute atomic E-state index is 13.7. The predicted octanol–water partition coefficient (Wildman–Crippen LogP) is 4.43. The van der Waals surface area contributed by atoms with Gasteiger partial charge in [0.2, 0.25) is 0 Å². The highest BCUT2D eigenvalue weighted by atomic mass is 19.1. The first-order valence-corrected chi connectivity index (χ1v) is 7.04. The van der Waals surface area contributed by atoms with Crippen molar-refractivity contribution in [2.75, 3.05) is 0 Å². The van der Waals surface area contributed by atoms with Crippen LogP contribution < -0.4 is 5.73 Å². The number of hydrogen-bond donors (Lipinski definition) is 1. The molecule has 3 heteroatoms. The molecule has 108 valence electrons. The van der Waals surface area contributed by atoms with Crippen LogP contribution in [-0.2, 0) is 6.42 Å². The Bertz CT molecular complexity index is 791. The van der Waals surface area contributed by atoms with Crippen LogP contribution in [0.25, 0.3) is 11.0 Å². The molecule has 0 saturated heterocycles. The summed E-state index contributed by atoms with van der Waals surface area (Å²) >= 11 is 0. The van der Waals surface area contributed by atoms with Gasteiger partial charge < -0.3 is 10.2 Å². The monoisotopic (exact) mass is 283 g/mol. The van der Waals surface area contributed by atoms with E-state index in [1.54, 1.807) is 6.07 Å². The van der Waals surface area contributed by atoms with Crippen molar-refractivity contribution in [2.45, 2.75) is 26.3 Å². The molecule has 2 N–H and O–H groups in total. The molecule has 1 heterocycles. The molecule has 1 unspecified atom stereocenters. The Labute approximate surface area is 123 Å². The Morgan fingerprint density at radius 3 is 2.62 bits per heavy atom. The molecule has 0 radical (unpaired) electrons. The molecule has 0 aliphatic rings. The molecule has 1 atom stereocenters. The number of aryl methyl sites for hydroxylation is 2. The quantitative estimate of drug-likeness (QED) is 0.772. The van der Waals surface area contributed by atoms with Gasteiger partial charge in [-0.15, -0.1) is 0 Å². The van der Waals surface area contributed by atoms with Crippen molar-refractivity contribution >= 4 is 11.0 Å². The van der Waals surface area contributed by atoms with Gasteiger partial charge in [0.15, 0.2) is 11.4 Å². The Morgan fingerprint density at radius 1 is 1.10 bits per heavy atom. The molecule has 0 fully saturated rings. The molecule has 0 bridgehead atoms. The Kier molecular flexibility index (Phi) is 3.52. The maximum atomic E-state index is 13.7. The molecule has 0 spiro atoms. The third-order valence-electron chi connectivity index (χ3n) is 3.91. The van der Waals surface area contributed by atoms with Crippen LogP contribution >= 0.6 is 0 Å². The first-order chi connectivity index (χ1) is 10.0. The van der Waals surface area contributed by atoms with E-state index in [0.29, 0.717) is 12.2 Å². The Balaban J connectivity index is 1.87. The van der Waals surface area contributed by atoms with Gasteiger partial charge in [0.05, 0.1) is 6.04 Å². The fourth-order valence-corrected chi connectivity index (χ4v) is 2.52. The van der Waals surface area contributed by atoms with Crippen LogP contribution in [0.4, 0.5) is 4.39 Å². The van der Waals surface area contributed by atoms with Crippen LogP contribution in [0.3, 0.4) is 0 Å². The third kappa shape index (κ3) is 2.69. The van der Waals surface area contributed by atoms with Gasteiger partial charge in [-0.25, -0.2) is 4.39 Å². The number of hydrogen-bond acceptors (Lipinski definition) is 2. The third-order valence-corrected chi connectivity index (χ3v) is 3.91. The fourth-order valence-electron chi connectivity index (χ4n) is 2.52. The van der Waals surface area contributed by atoms with Gasteiger partial charge in [0.25, 0.3) is 0 Å². The lowest BCUT2D eigenvalue weighted by Crippen LogP contribution is -2.12. The second kappa shape index (κ2) is 5.34. The summed E-state index contributed by atoms with van der Waals surface area (Å²) in [4.78, 5) is 0. The van der Waals surface area contributed by atoms with E-state index in [2.05, 4.69) is 32.0 Å². The fraction of sp³-hybridized carbons (Fsp3) is 0.222. The summed E-state index contributed by atoms with van der Waals surface area (Å²) in [5.74, 6) is 0.269. The minimum absolute atomic E-state index is 0.279. The summed E-state index contributed by atoms with van der Waals surface area (Å²) in [6, 6.07) is 12.7. The number of benzene rings is 2. The average molecular weight is 283 g/mol. The number of furan rings is 1. The standard InChI is InChI=1S/C18H18FNO/c1-11-6-7-13(8-12(11)2)9-16(20)17-10-14-4-3-5-15(19)18(14)21-17/h3-8,10,16H,9,20H2,1-2H3. The SMILES string of the molecule is Cc1ccc(CC(N)c2cc3cccc(F)c3o2)cc1C. The van der Waals surface area contributed by atoms with Crippen molar-refractivity contribution in [1.82, 2.24) is 0 Å². The minimum Gasteiger partial charge on any atom is -0.456 e. The van der Waals surface area contributed by atoms with Gasteiger partial charge in [-0.2, -0.15) is 0 Å². The van der Waals surface area contributed by atoms with Crippen molar-refractivity contribution in [1.29, 1.82) is 0 Å². The van der Waals surface area contributed by atoms with E-state index in [4.69, 9.17) is 10.2 Å². The summed E-state index contributed by atoms with van der Waals surface area (Å²) in [5.41, 5.74) is 10.2. The van der Waals surface area contributed by atoms with E-state index < -0.39 is 0 Å². The normalized spacial score (nSPS) is 12.8. The molecular weight excluding hydrogens is 265 g/mol. The molecule has 0 aliphatic carbocycles. The maximum Gasteiger partial charge on any atom is 0.169 e. The highest BCUT2D eigenvalue weighted by Crippen LogP contribution is 2.27. The van der Waals surface area contributed by atoms with Crippen LogP contribution in [0.5, 0.6) is 0 Å². The molecule has 1 aromatic heterocycles. The van der Waals surface area contributed by atoms with Crippen LogP contribution in [-0.4, -0.2) is 0 Å². The van der Waals surface area contributed by atoms with E-state index in [0.717, 1.165) is 10.9 Å². The number of halogens is 1. The number of para-hydroxylation sites is 1. The minimum atomic E-state index is -0.350. The average Bonchev–Trinajstić information content (AvgIpc) is 2.89. The largest absolute Gasteiger partial charge is 0.456 e. The van der Waals surface area contributed by atoms with Gasteiger partial charge in [0.1, 0.15) is 5.76 Å². The van der Waals surface area contributed by atoms with Crippen LogP contribution in [0.1, 0.15) is 28.5 Å². The second-order valence-electron chi connectivity index (χ2n) is 5.54. The van der Waals surface area contributed by atoms with Crippen molar-refractivity contribution in [3.63, 3.8) is 0 Å². The zero-order chi connectivity index (χ0) is 15.0. The van der Waals surface area contributed by atoms with E-state index >= 15 is 0 Å². The smallest absolute Gasteiger partial charge is 0.169 e. The van der Waals surface area contributed by atoms with E-state index in [-0.39, 0.29) is 17.4 Å². The van der Waals surface area contributed by atoms with E-state index in [1.807, 2.05) is 12.1 Å². The molecular formula is C18H18FNO. The summed E-state index contributed by atoms with van der Waals surface area (Å²) in [7, 11) is 0. The Morgan fingerprint density at radius 2 is 1.90 bits per heavy atom. The van der Waals surface area contributed by atoms with Gasteiger partial charge in [-0.05, 0) is 49.1 Å².